The molecule has 1 fully saturated rings. The van der Waals surface area contributed by atoms with Gasteiger partial charge in [0.05, 0.1) is 6.10 Å². The number of nitrogens with one attached hydrogen (secondary N) is 1. The van der Waals surface area contributed by atoms with Gasteiger partial charge in [0.1, 0.15) is 11.1 Å². The van der Waals surface area contributed by atoms with E-state index in [1.807, 2.05) is 0 Å². The molecule has 2 N–H and O–H groups in total. The van der Waals surface area contributed by atoms with Gasteiger partial charge in [0, 0.05) is 20.0 Å². The van der Waals surface area contributed by atoms with Crippen LogP contribution in [0.4, 0.5) is 0 Å². The van der Waals surface area contributed by atoms with Crippen molar-refractivity contribution < 1.29 is 27.4 Å². The summed E-state index contributed by atoms with van der Waals surface area (Å²) >= 11 is 0. The zero-order chi connectivity index (χ0) is 10.3. The fourth-order valence-corrected chi connectivity index (χ4v) is 2.49. The van der Waals surface area contributed by atoms with E-state index < -0.39 is 0 Å². The van der Waals surface area contributed by atoms with E-state index in [2.05, 4.69) is 27.7 Å². The van der Waals surface area contributed by atoms with Gasteiger partial charge >= 0.3 is 0 Å². The Morgan fingerprint density at radius 2 is 1.50 bits per heavy atom. The molecule has 0 bridgehead atoms. The molecule has 4 heteroatoms. The summed E-state index contributed by atoms with van der Waals surface area (Å²) in [7, 11) is 1.75. The summed E-state index contributed by atoms with van der Waals surface area (Å²) in [6, 6.07) is 0. The van der Waals surface area contributed by atoms with Gasteiger partial charge in [0.2, 0.25) is 0 Å². The Labute approximate surface area is 92.8 Å². The molecule has 3 nitrogen and oxygen atoms in total. The molecule has 0 radical (unpaired) electrons. The summed E-state index contributed by atoms with van der Waals surface area (Å²) in [6.07, 6.45) is 2.11. The van der Waals surface area contributed by atoms with Crippen molar-refractivity contribution in [2.75, 3.05) is 7.11 Å². The lowest BCUT2D eigenvalue weighted by atomic mass is 9.80. The molecular formula is C10H22ClNO2. The third kappa shape index (κ3) is 2.60. The van der Waals surface area contributed by atoms with Crippen LogP contribution in [0.1, 0.15) is 40.5 Å². The number of hydroxylamine groups is 2. The van der Waals surface area contributed by atoms with E-state index in [0.29, 0.717) is 5.06 Å². The van der Waals surface area contributed by atoms with Crippen LogP contribution in [0.3, 0.4) is 0 Å². The third-order valence-electron chi connectivity index (χ3n) is 3.09. The maximum Gasteiger partial charge on any atom is 0.124 e. The van der Waals surface area contributed by atoms with Crippen molar-refractivity contribution in [1.29, 1.82) is 0 Å². The van der Waals surface area contributed by atoms with E-state index in [4.69, 9.17) is 4.74 Å². The predicted molar refractivity (Wildman–Crippen MR) is 50.9 cm³/mol. The molecule has 1 aliphatic rings. The molecule has 1 saturated heterocycles. The van der Waals surface area contributed by atoms with E-state index in [1.165, 1.54) is 0 Å². The summed E-state index contributed by atoms with van der Waals surface area (Å²) in [5.74, 6) is 0. The SMILES string of the molecule is COC1CC(C)(C)[NH+](O)C(C)(C)C1.[Cl-]. The van der Waals surface area contributed by atoms with Crippen molar-refractivity contribution in [2.24, 2.45) is 0 Å². The molecule has 14 heavy (non-hydrogen) atoms. The molecule has 0 aromatic carbocycles. The van der Waals surface area contributed by atoms with Crippen LogP contribution in [0.25, 0.3) is 0 Å². The zero-order valence-electron chi connectivity index (χ0n) is 9.72. The van der Waals surface area contributed by atoms with Crippen LogP contribution < -0.4 is 17.5 Å². The number of halogens is 1. The fraction of sp³-hybridized carbons (Fsp3) is 1.00. The van der Waals surface area contributed by atoms with Crippen molar-refractivity contribution in [3.63, 3.8) is 0 Å². The predicted octanol–water partition coefficient (Wildman–Crippen LogP) is -2.37. The fourth-order valence-electron chi connectivity index (χ4n) is 2.49. The molecule has 1 aliphatic heterocycles. The summed E-state index contributed by atoms with van der Waals surface area (Å²) in [6.45, 7) is 8.31. The zero-order valence-corrected chi connectivity index (χ0v) is 10.5. The smallest absolute Gasteiger partial charge is 0.124 e. The lowest BCUT2D eigenvalue weighted by Gasteiger charge is -2.46. The Morgan fingerprint density at radius 3 is 1.79 bits per heavy atom. The van der Waals surface area contributed by atoms with Gasteiger partial charge in [-0.3, -0.25) is 0 Å². The van der Waals surface area contributed by atoms with E-state index in [-0.39, 0.29) is 29.6 Å². The van der Waals surface area contributed by atoms with E-state index in [1.54, 1.807) is 7.11 Å². The second-order valence-electron chi connectivity index (χ2n) is 5.38. The van der Waals surface area contributed by atoms with Crippen molar-refractivity contribution in [3.8, 4) is 0 Å². The second kappa shape index (κ2) is 4.35. The van der Waals surface area contributed by atoms with Crippen molar-refractivity contribution in [2.45, 2.75) is 57.7 Å². The molecule has 0 aromatic rings. The normalized spacial score (nSPS) is 34.7. The molecule has 0 atom stereocenters. The van der Waals surface area contributed by atoms with Crippen LogP contribution in [-0.4, -0.2) is 29.5 Å². The third-order valence-corrected chi connectivity index (χ3v) is 3.09. The van der Waals surface area contributed by atoms with Crippen LogP contribution >= 0.6 is 0 Å². The largest absolute Gasteiger partial charge is 1.00 e. The highest BCUT2D eigenvalue weighted by molar-refractivity contribution is 4.85. The minimum atomic E-state index is -0.109. The Kier molecular flexibility index (Phi) is 4.41. The summed E-state index contributed by atoms with van der Waals surface area (Å²) in [5, 5.41) is 10.7. The van der Waals surface area contributed by atoms with Gasteiger partial charge in [-0.15, -0.1) is 0 Å². The highest BCUT2D eigenvalue weighted by Gasteiger charge is 2.49. The highest BCUT2D eigenvalue weighted by atomic mass is 35.5. The van der Waals surface area contributed by atoms with Crippen LogP contribution in [0.2, 0.25) is 0 Å². The lowest BCUT2D eigenvalue weighted by Crippen LogP contribution is -3.25. The lowest BCUT2D eigenvalue weighted by molar-refractivity contribution is -1.16. The molecule has 0 aliphatic carbocycles. The first-order valence-corrected chi connectivity index (χ1v) is 4.89. The van der Waals surface area contributed by atoms with Gasteiger partial charge in [-0.1, -0.05) is 0 Å². The summed E-state index contributed by atoms with van der Waals surface area (Å²) in [4.78, 5) is 0. The van der Waals surface area contributed by atoms with E-state index >= 15 is 0 Å². The first-order chi connectivity index (χ1) is 5.79. The van der Waals surface area contributed by atoms with Crippen LogP contribution in [0.5, 0.6) is 0 Å². The molecule has 0 amide bonds. The van der Waals surface area contributed by atoms with Crippen molar-refractivity contribution >= 4 is 0 Å². The van der Waals surface area contributed by atoms with Crippen LogP contribution in [0, 0.1) is 0 Å². The number of ether oxygens (including phenoxy) is 1. The summed E-state index contributed by atoms with van der Waals surface area (Å²) < 4.78 is 5.39. The molecule has 1 rings (SSSR count). The molecule has 0 unspecified atom stereocenters. The minimum Gasteiger partial charge on any atom is -1.00 e. The second-order valence-corrected chi connectivity index (χ2v) is 5.38. The Hall–Kier alpha value is 0.170. The number of rotatable bonds is 1. The minimum absolute atomic E-state index is 0. The monoisotopic (exact) mass is 223 g/mol. The molecule has 0 spiro atoms. The highest BCUT2D eigenvalue weighted by Crippen LogP contribution is 2.24. The van der Waals surface area contributed by atoms with Gasteiger partial charge in [-0.2, -0.15) is 5.06 Å². The van der Waals surface area contributed by atoms with Crippen LogP contribution in [-0.2, 0) is 4.74 Å². The van der Waals surface area contributed by atoms with Gasteiger partial charge in [-0.25, -0.2) is 5.21 Å². The van der Waals surface area contributed by atoms with E-state index in [0.717, 1.165) is 12.8 Å². The maximum absolute atomic E-state index is 10.0. The number of piperidine rings is 1. The molecule has 0 aromatic heterocycles. The average Bonchev–Trinajstić information content (AvgIpc) is 1.99. The van der Waals surface area contributed by atoms with Gasteiger partial charge in [0.15, 0.2) is 0 Å². The van der Waals surface area contributed by atoms with E-state index in [9.17, 15) is 5.21 Å². The average molecular weight is 224 g/mol. The Bertz CT molecular complexity index is 177. The molecular weight excluding hydrogens is 202 g/mol. The van der Waals surface area contributed by atoms with Crippen molar-refractivity contribution in [1.82, 2.24) is 0 Å². The molecule has 86 valence electrons. The van der Waals surface area contributed by atoms with Crippen LogP contribution in [0.15, 0.2) is 0 Å². The van der Waals surface area contributed by atoms with Crippen molar-refractivity contribution in [3.05, 3.63) is 0 Å². The number of quaternary nitrogens is 1. The topological polar surface area (TPSA) is 33.9 Å². The number of methoxy groups -OCH3 is 1. The quantitative estimate of drug-likeness (QED) is 0.521. The summed E-state index contributed by atoms with van der Waals surface area (Å²) in [5.41, 5.74) is -0.217. The first kappa shape index (κ1) is 14.2. The molecule has 1 heterocycles. The number of hydrogen-bond donors (Lipinski definition) is 2. The molecule has 0 saturated carbocycles. The van der Waals surface area contributed by atoms with Gasteiger partial charge in [0.25, 0.3) is 0 Å². The number of hydrogen-bond acceptors (Lipinski definition) is 2. The standard InChI is InChI=1S/C10H21NO2.ClH/c1-9(2)6-8(13-5)7-10(3,4)11(9)12;/h8,12H,6-7H2,1-5H3;1H. The van der Waals surface area contributed by atoms with Gasteiger partial charge in [-0.05, 0) is 27.7 Å². The van der Waals surface area contributed by atoms with Gasteiger partial charge < -0.3 is 17.1 Å². The Balaban J connectivity index is 0.00000169. The maximum atomic E-state index is 10.0. The first-order valence-electron chi connectivity index (χ1n) is 4.89. The Morgan fingerprint density at radius 1 is 1.14 bits per heavy atom.